The highest BCUT2D eigenvalue weighted by Gasteiger charge is 2.42. The molecule has 0 saturated heterocycles. The summed E-state index contributed by atoms with van der Waals surface area (Å²) in [6.45, 7) is 6.32. The molecule has 0 aromatic heterocycles. The van der Waals surface area contributed by atoms with Crippen LogP contribution in [0.25, 0.3) is 0 Å². The van der Waals surface area contributed by atoms with Gasteiger partial charge in [-0.05, 0) is 82.9 Å². The fraction of sp³-hybridized carbons (Fsp3) is 0.750. The first-order valence-corrected chi connectivity index (χ1v) is 16.9. The van der Waals surface area contributed by atoms with Gasteiger partial charge in [-0.1, -0.05) is 18.9 Å². The molecule has 0 unspecified atom stereocenters. The first kappa shape index (κ1) is 29.6. The lowest BCUT2D eigenvalue weighted by Crippen LogP contribution is -4.05. The van der Waals surface area contributed by atoms with Crippen molar-refractivity contribution in [3.05, 3.63) is 23.8 Å². The smallest absolute Gasteiger partial charge is 0.282 e. The topological polar surface area (TPSA) is 141 Å². The van der Waals surface area contributed by atoms with Gasteiger partial charge in [0, 0.05) is 12.1 Å². The Labute approximate surface area is 214 Å². The van der Waals surface area contributed by atoms with E-state index in [2.05, 4.69) is 11.6 Å². The van der Waals surface area contributed by atoms with Crippen LogP contribution in [0.1, 0.15) is 83.6 Å². The van der Waals surface area contributed by atoms with Crippen molar-refractivity contribution >= 4 is 21.4 Å². The summed E-state index contributed by atoms with van der Waals surface area (Å²) in [7, 11) is -3.32. The van der Waals surface area contributed by atoms with Crippen molar-refractivity contribution in [3.63, 3.8) is 0 Å². The van der Waals surface area contributed by atoms with Crippen LogP contribution in [0.3, 0.4) is 0 Å². The number of hydrogen-bond donors (Lipinski definition) is 2. The van der Waals surface area contributed by atoms with Gasteiger partial charge in [0.05, 0.1) is 36.6 Å². The lowest BCUT2D eigenvalue weighted by atomic mass is 9.85. The van der Waals surface area contributed by atoms with Crippen LogP contribution >= 0.6 is 0 Å². The summed E-state index contributed by atoms with van der Waals surface area (Å²) in [5.41, 5.74) is 8.33. The first-order chi connectivity index (χ1) is 16.1. The number of benzene rings is 1. The summed E-state index contributed by atoms with van der Waals surface area (Å²) in [6.07, 6.45) is 14.5. The lowest BCUT2D eigenvalue weighted by molar-refractivity contribution is -1.73. The Morgan fingerprint density at radius 1 is 0.971 bits per heavy atom. The van der Waals surface area contributed by atoms with Crippen LogP contribution in [0.5, 0.6) is 0 Å². The molecule has 2 aliphatic carbocycles. The third-order valence-corrected chi connectivity index (χ3v) is 9.06. The van der Waals surface area contributed by atoms with Gasteiger partial charge < -0.3 is 20.5 Å². The number of anilines is 2. The van der Waals surface area contributed by atoms with E-state index in [1.54, 1.807) is 13.0 Å². The van der Waals surface area contributed by atoms with Crippen LogP contribution in [-0.4, -0.2) is 43.8 Å². The minimum atomic E-state index is -4.01. The van der Waals surface area contributed by atoms with Crippen LogP contribution < -0.4 is 41.8 Å². The van der Waals surface area contributed by atoms with E-state index in [-0.39, 0.29) is 5.75 Å². The van der Waals surface area contributed by atoms with Gasteiger partial charge in [0.2, 0.25) is 10.0 Å². The number of rotatable bonds is 9. The molecule has 34 heavy (non-hydrogen) atoms. The Balaban J connectivity index is 0.000000945. The summed E-state index contributed by atoms with van der Waals surface area (Å²) in [6, 6.07) is 7.23. The quantitative estimate of drug-likeness (QED) is 0.198. The van der Waals surface area contributed by atoms with Crippen molar-refractivity contribution in [1.29, 1.82) is 0 Å². The fourth-order valence-corrected chi connectivity index (χ4v) is 6.67. The van der Waals surface area contributed by atoms with Crippen molar-refractivity contribution in [2.75, 3.05) is 29.3 Å². The van der Waals surface area contributed by atoms with Gasteiger partial charge in [0.25, 0.3) is 21.1 Å². The van der Waals surface area contributed by atoms with Crippen molar-refractivity contribution in [2.45, 2.75) is 96.6 Å². The normalized spacial score (nSPS) is 18.4. The molecular weight excluding hydrogens is 569 g/mol. The molecular formula is C24H42IN3O5S. The second-order valence-corrected chi connectivity index (χ2v) is 12.7. The molecule has 1 aromatic rings. The number of nitrogens with one attached hydrogen (secondary N) is 1. The highest BCUT2D eigenvalue weighted by Crippen LogP contribution is 2.37. The largest absolute Gasteiger partial charge is 0.427 e. The molecule has 1 aromatic carbocycles. The number of sulfonamides is 1. The maximum absolute atomic E-state index is 12.2. The molecule has 0 spiro atoms. The minimum absolute atomic E-state index is 0.0698. The second kappa shape index (κ2) is 14.2. The van der Waals surface area contributed by atoms with E-state index in [0.29, 0.717) is 11.4 Å². The van der Waals surface area contributed by atoms with Crippen LogP contribution in [0, 0.1) is 0 Å². The molecule has 196 valence electrons. The van der Waals surface area contributed by atoms with E-state index in [1.807, 2.05) is 12.1 Å². The zero-order chi connectivity index (χ0) is 25.2. The Hall–Kier alpha value is -0.660. The van der Waals surface area contributed by atoms with E-state index in [9.17, 15) is 8.42 Å². The molecule has 0 radical (unpaired) electrons. The Bertz CT molecular complexity index is 820. The molecule has 3 N–H and O–H groups in total. The summed E-state index contributed by atoms with van der Waals surface area (Å²) < 4.78 is 54.2. The maximum atomic E-state index is 12.2. The third-order valence-electron chi connectivity index (χ3n) is 7.77. The van der Waals surface area contributed by atoms with Crippen LogP contribution in [0.2, 0.25) is 0 Å². The number of nitrogens with two attached hydrogens (primary N) is 1. The van der Waals surface area contributed by atoms with E-state index in [4.69, 9.17) is 16.0 Å². The van der Waals surface area contributed by atoms with E-state index in [0.717, 1.165) is 30.6 Å². The molecule has 0 aliphatic heterocycles. The van der Waals surface area contributed by atoms with Gasteiger partial charge in [-0.15, -0.1) is 0 Å². The zero-order valence-corrected chi connectivity index (χ0v) is 23.6. The maximum Gasteiger partial charge on any atom is 0.282 e. The van der Waals surface area contributed by atoms with Crippen molar-refractivity contribution in [2.24, 2.45) is 0 Å². The number of hydrogen-bond acceptors (Lipinski definition) is 6. The molecule has 0 heterocycles. The van der Waals surface area contributed by atoms with E-state index >= 15 is 0 Å². The molecule has 3 rings (SSSR count). The van der Waals surface area contributed by atoms with Crippen LogP contribution in [0.4, 0.5) is 11.4 Å². The highest BCUT2D eigenvalue weighted by atomic mass is 127. The van der Waals surface area contributed by atoms with Gasteiger partial charge in [0.1, 0.15) is 0 Å². The molecule has 0 bridgehead atoms. The Kier molecular flexibility index (Phi) is 12.3. The molecule has 2 aliphatic rings. The monoisotopic (exact) mass is 611 g/mol. The standard InChI is InChI=1S/C24H42N3O2S.IO3/c1-3-27(22-11-7-5-8-12-22,23-13-9-6-10-14-23)18-17-20-15-16-21(25)19-24(20)26-30(28,29)4-2;2-1(3)4/h15-16,19,22-23,26H,3-14,17-18,25H2,1-2H3;/q+1;-1. The van der Waals surface area contributed by atoms with Crippen molar-refractivity contribution in [3.8, 4) is 0 Å². The first-order valence-electron chi connectivity index (χ1n) is 12.6. The SMILES string of the molecule is CC[N+](CCc1ccc(N)cc1NS(=O)(=O)CC)(C1CCCCC1)C1CCCCC1.[O-][I+2]([O-])[O-]. The van der Waals surface area contributed by atoms with Gasteiger partial charge in [-0.2, -0.15) is 0 Å². The summed E-state index contributed by atoms with van der Waals surface area (Å²) in [5.74, 6) is 0.0698. The molecule has 10 heteroatoms. The number of halogens is 1. The number of nitrogens with zero attached hydrogens (tertiary/aromatic N) is 1. The summed E-state index contributed by atoms with van der Waals surface area (Å²) in [4.78, 5) is 0. The number of quaternary nitrogens is 1. The van der Waals surface area contributed by atoms with Crippen LogP contribution in [0.15, 0.2) is 18.2 Å². The van der Waals surface area contributed by atoms with E-state index < -0.39 is 31.1 Å². The highest BCUT2D eigenvalue weighted by molar-refractivity contribution is 7.92. The fourth-order valence-electron chi connectivity index (χ4n) is 6.00. The third kappa shape index (κ3) is 8.77. The van der Waals surface area contributed by atoms with Gasteiger partial charge in [0.15, 0.2) is 0 Å². The minimum Gasteiger partial charge on any atom is -0.427 e. The summed E-state index contributed by atoms with van der Waals surface area (Å²) in [5, 5.41) is 0. The predicted octanol–water partition coefficient (Wildman–Crippen LogP) is -1.49. The zero-order valence-electron chi connectivity index (χ0n) is 20.6. The Morgan fingerprint density at radius 2 is 1.47 bits per heavy atom. The van der Waals surface area contributed by atoms with Crippen LogP contribution in [-0.2, 0) is 16.4 Å². The predicted molar refractivity (Wildman–Crippen MR) is 127 cm³/mol. The summed E-state index contributed by atoms with van der Waals surface area (Å²) >= 11 is -4.01. The molecule has 0 amide bonds. The molecule has 2 saturated carbocycles. The van der Waals surface area contributed by atoms with Gasteiger partial charge in [-0.3, -0.25) is 4.72 Å². The average molecular weight is 612 g/mol. The number of likely N-dealkylation sites (N-methyl/N-ethyl adjacent to an activating group) is 1. The lowest BCUT2D eigenvalue weighted by Gasteiger charge is -2.52. The molecule has 0 atom stereocenters. The van der Waals surface area contributed by atoms with Crippen molar-refractivity contribution < 1.29 is 44.3 Å². The Morgan fingerprint density at radius 3 is 1.91 bits per heavy atom. The molecule has 8 nitrogen and oxygen atoms in total. The van der Waals surface area contributed by atoms with Crippen molar-refractivity contribution in [1.82, 2.24) is 0 Å². The number of nitrogen functional groups attached to an aromatic ring is 1. The average Bonchev–Trinajstić information content (AvgIpc) is 2.82. The second-order valence-electron chi connectivity index (χ2n) is 9.59. The molecule has 2 fully saturated rings. The van der Waals surface area contributed by atoms with E-state index in [1.165, 1.54) is 75.2 Å². The van der Waals surface area contributed by atoms with Gasteiger partial charge >= 0.3 is 0 Å². The van der Waals surface area contributed by atoms with Gasteiger partial charge in [-0.25, -0.2) is 8.42 Å².